The van der Waals surface area contributed by atoms with Gasteiger partial charge in [-0.25, -0.2) is 0 Å². The van der Waals surface area contributed by atoms with E-state index in [-0.39, 0.29) is 0 Å². The minimum absolute atomic E-state index is 0.574. The van der Waals surface area contributed by atoms with E-state index in [0.29, 0.717) is 5.41 Å². The van der Waals surface area contributed by atoms with E-state index >= 15 is 0 Å². The first-order chi connectivity index (χ1) is 7.76. The molecule has 0 radical (unpaired) electrons. The third-order valence-electron chi connectivity index (χ3n) is 4.78. The molecule has 0 atom stereocenters. The Morgan fingerprint density at radius 3 is 2.12 bits per heavy atom. The highest BCUT2D eigenvalue weighted by Gasteiger charge is 2.37. The summed E-state index contributed by atoms with van der Waals surface area (Å²) in [4.78, 5) is 2.65. The summed E-state index contributed by atoms with van der Waals surface area (Å²) in [5, 5.41) is 0. The fraction of sp³-hybridized carbons (Fsp3) is 1.00. The van der Waals surface area contributed by atoms with E-state index in [1.165, 1.54) is 64.3 Å². The molecule has 0 N–H and O–H groups in total. The molecule has 0 amide bonds. The van der Waals surface area contributed by atoms with Gasteiger partial charge >= 0.3 is 0 Å². The zero-order chi connectivity index (χ0) is 11.4. The topological polar surface area (TPSA) is 3.24 Å². The lowest BCUT2D eigenvalue weighted by molar-refractivity contribution is 0.0767. The van der Waals surface area contributed by atoms with Gasteiger partial charge in [0, 0.05) is 12.6 Å². The number of nitrogens with zero attached hydrogens (tertiary/aromatic N) is 1. The van der Waals surface area contributed by atoms with Crippen molar-refractivity contribution in [2.24, 2.45) is 5.41 Å². The van der Waals surface area contributed by atoms with Gasteiger partial charge in [0.1, 0.15) is 0 Å². The van der Waals surface area contributed by atoms with Crippen LogP contribution >= 0.6 is 12.6 Å². The van der Waals surface area contributed by atoms with Crippen molar-refractivity contribution in [3.63, 3.8) is 0 Å². The SMILES string of the molecule is CN(CC1(CS)CCC1)C1CCCCCC1. The van der Waals surface area contributed by atoms with Crippen LogP contribution in [0, 0.1) is 5.41 Å². The first kappa shape index (κ1) is 12.8. The van der Waals surface area contributed by atoms with Crippen molar-refractivity contribution in [3.05, 3.63) is 0 Å². The van der Waals surface area contributed by atoms with E-state index in [1.807, 2.05) is 0 Å². The van der Waals surface area contributed by atoms with E-state index in [4.69, 9.17) is 0 Å². The number of hydrogen-bond donors (Lipinski definition) is 1. The second kappa shape index (κ2) is 5.77. The summed E-state index contributed by atoms with van der Waals surface area (Å²) in [5.74, 6) is 1.09. The smallest absolute Gasteiger partial charge is 0.00924 e. The monoisotopic (exact) mass is 241 g/mol. The molecule has 0 aromatic carbocycles. The van der Waals surface area contributed by atoms with Gasteiger partial charge in [0.15, 0.2) is 0 Å². The molecule has 0 bridgehead atoms. The van der Waals surface area contributed by atoms with E-state index in [1.54, 1.807) is 0 Å². The van der Waals surface area contributed by atoms with Gasteiger partial charge in [0.2, 0.25) is 0 Å². The normalized spacial score (nSPS) is 26.4. The third kappa shape index (κ3) is 2.95. The summed E-state index contributed by atoms with van der Waals surface area (Å²) in [6.07, 6.45) is 12.9. The fourth-order valence-corrected chi connectivity index (χ4v) is 3.82. The molecule has 2 fully saturated rings. The summed E-state index contributed by atoms with van der Waals surface area (Å²) >= 11 is 4.57. The second-order valence-corrected chi connectivity index (χ2v) is 6.39. The molecule has 0 aliphatic heterocycles. The Morgan fingerprint density at radius 2 is 1.69 bits per heavy atom. The Hall–Kier alpha value is 0.310. The van der Waals surface area contributed by atoms with Crippen molar-refractivity contribution in [1.29, 1.82) is 0 Å². The molecule has 1 nitrogen and oxygen atoms in total. The fourth-order valence-electron chi connectivity index (χ4n) is 3.40. The van der Waals surface area contributed by atoms with Crippen molar-refractivity contribution in [3.8, 4) is 0 Å². The van der Waals surface area contributed by atoms with Gasteiger partial charge in [0.05, 0.1) is 0 Å². The van der Waals surface area contributed by atoms with Crippen molar-refractivity contribution < 1.29 is 0 Å². The van der Waals surface area contributed by atoms with Gasteiger partial charge < -0.3 is 4.90 Å². The minimum Gasteiger partial charge on any atom is -0.303 e. The van der Waals surface area contributed by atoms with E-state index in [0.717, 1.165) is 11.8 Å². The van der Waals surface area contributed by atoms with Crippen LogP contribution in [0.1, 0.15) is 57.8 Å². The van der Waals surface area contributed by atoms with Crippen molar-refractivity contribution in [2.75, 3.05) is 19.3 Å². The predicted octanol–water partition coefficient (Wildman–Crippen LogP) is 3.74. The third-order valence-corrected chi connectivity index (χ3v) is 5.45. The maximum atomic E-state index is 4.57. The molecule has 2 saturated carbocycles. The lowest BCUT2D eigenvalue weighted by Gasteiger charge is -2.45. The largest absolute Gasteiger partial charge is 0.303 e. The molecule has 0 unspecified atom stereocenters. The molecule has 16 heavy (non-hydrogen) atoms. The average Bonchev–Trinajstić information content (AvgIpc) is 2.51. The van der Waals surface area contributed by atoms with Crippen molar-refractivity contribution in [2.45, 2.75) is 63.8 Å². The highest BCUT2D eigenvalue weighted by Crippen LogP contribution is 2.42. The average molecular weight is 241 g/mol. The molecule has 2 heteroatoms. The zero-order valence-electron chi connectivity index (χ0n) is 10.7. The molecular weight excluding hydrogens is 214 g/mol. The molecule has 0 spiro atoms. The van der Waals surface area contributed by atoms with Crippen LogP contribution in [0.25, 0.3) is 0 Å². The Balaban J connectivity index is 1.83. The van der Waals surface area contributed by atoms with E-state index in [2.05, 4.69) is 24.6 Å². The first-order valence-corrected chi connectivity index (χ1v) is 7.70. The van der Waals surface area contributed by atoms with Crippen LogP contribution in [0.4, 0.5) is 0 Å². The number of rotatable bonds is 4. The lowest BCUT2D eigenvalue weighted by Crippen LogP contribution is -2.45. The van der Waals surface area contributed by atoms with E-state index < -0.39 is 0 Å². The molecule has 2 rings (SSSR count). The van der Waals surface area contributed by atoms with Gasteiger partial charge in [-0.2, -0.15) is 12.6 Å². The zero-order valence-corrected chi connectivity index (χ0v) is 11.6. The lowest BCUT2D eigenvalue weighted by atomic mass is 9.70. The molecular formula is C14H27NS. The molecule has 0 aromatic heterocycles. The standard InChI is InChI=1S/C14H27NS/c1-15(11-14(12-16)9-6-10-14)13-7-4-2-3-5-8-13/h13,16H,2-12H2,1H3. The molecule has 0 heterocycles. The summed E-state index contributed by atoms with van der Waals surface area (Å²) in [5.41, 5.74) is 0.574. The van der Waals surface area contributed by atoms with Gasteiger partial charge in [-0.1, -0.05) is 32.1 Å². The summed E-state index contributed by atoms with van der Waals surface area (Å²) in [6, 6.07) is 0.861. The minimum atomic E-state index is 0.574. The Morgan fingerprint density at radius 1 is 1.06 bits per heavy atom. The van der Waals surface area contributed by atoms with Gasteiger partial charge in [-0.05, 0) is 43.9 Å². The number of thiol groups is 1. The van der Waals surface area contributed by atoms with Crippen molar-refractivity contribution in [1.82, 2.24) is 4.90 Å². The van der Waals surface area contributed by atoms with Gasteiger partial charge in [0.25, 0.3) is 0 Å². The predicted molar refractivity (Wildman–Crippen MR) is 74.3 cm³/mol. The second-order valence-electron chi connectivity index (χ2n) is 6.07. The highest BCUT2D eigenvalue weighted by atomic mass is 32.1. The van der Waals surface area contributed by atoms with Crippen LogP contribution in [0.15, 0.2) is 0 Å². The Labute approximate surface area is 106 Å². The van der Waals surface area contributed by atoms with Crippen molar-refractivity contribution >= 4 is 12.6 Å². The maximum Gasteiger partial charge on any atom is 0.00924 e. The molecule has 0 aromatic rings. The number of hydrogen-bond acceptors (Lipinski definition) is 2. The molecule has 2 aliphatic carbocycles. The molecule has 94 valence electrons. The van der Waals surface area contributed by atoms with Gasteiger partial charge in [-0.3, -0.25) is 0 Å². The van der Waals surface area contributed by atoms with Crippen LogP contribution in [0.3, 0.4) is 0 Å². The van der Waals surface area contributed by atoms with Crippen LogP contribution in [-0.2, 0) is 0 Å². The highest BCUT2D eigenvalue weighted by molar-refractivity contribution is 7.80. The van der Waals surface area contributed by atoms with E-state index in [9.17, 15) is 0 Å². The molecule has 0 saturated heterocycles. The van der Waals surface area contributed by atoms with Crippen LogP contribution in [0.2, 0.25) is 0 Å². The Bertz CT molecular complexity index is 199. The summed E-state index contributed by atoms with van der Waals surface area (Å²) in [6.45, 7) is 1.29. The quantitative estimate of drug-likeness (QED) is 0.579. The van der Waals surface area contributed by atoms with Crippen LogP contribution in [-0.4, -0.2) is 30.3 Å². The van der Waals surface area contributed by atoms with Crippen LogP contribution < -0.4 is 0 Å². The summed E-state index contributed by atoms with van der Waals surface area (Å²) in [7, 11) is 2.35. The summed E-state index contributed by atoms with van der Waals surface area (Å²) < 4.78 is 0. The maximum absolute atomic E-state index is 4.57. The first-order valence-electron chi connectivity index (χ1n) is 7.07. The van der Waals surface area contributed by atoms with Crippen LogP contribution in [0.5, 0.6) is 0 Å². The Kier molecular flexibility index (Phi) is 4.60. The molecule has 2 aliphatic rings. The van der Waals surface area contributed by atoms with Gasteiger partial charge in [-0.15, -0.1) is 0 Å².